The van der Waals surface area contributed by atoms with E-state index in [9.17, 15) is 9.13 Å². The van der Waals surface area contributed by atoms with Gasteiger partial charge in [0.2, 0.25) is 0 Å². The van der Waals surface area contributed by atoms with Gasteiger partial charge in [0, 0.05) is 6.54 Å². The molecule has 8 nitrogen and oxygen atoms in total. The van der Waals surface area contributed by atoms with Gasteiger partial charge in [0.05, 0.1) is 6.61 Å². The van der Waals surface area contributed by atoms with Gasteiger partial charge in [-0.25, -0.2) is 14.2 Å². The highest BCUT2D eigenvalue weighted by Gasteiger charge is 2.29. The third kappa shape index (κ3) is 8.92. The van der Waals surface area contributed by atoms with Crippen molar-refractivity contribution in [3.63, 3.8) is 0 Å². The number of nitrogens with one attached hydrogen (secondary N) is 1. The van der Waals surface area contributed by atoms with Gasteiger partial charge >= 0.3 is 15.6 Å². The van der Waals surface area contributed by atoms with Crippen LogP contribution < -0.4 is 5.09 Å². The van der Waals surface area contributed by atoms with Crippen LogP contribution in [0, 0.1) is 0 Å². The molecule has 0 fully saturated rings. The SMILES string of the molecule is CC(=CCNP(=O)(O)OP(=O)(O)O)CO. The number of hydrogen-bond acceptors (Lipinski definition) is 4. The van der Waals surface area contributed by atoms with Crippen molar-refractivity contribution >= 4 is 15.6 Å². The molecule has 5 N–H and O–H groups in total. The Labute approximate surface area is 86.4 Å². The minimum Gasteiger partial charge on any atom is -0.392 e. The molecule has 0 saturated heterocycles. The maximum atomic E-state index is 10.9. The van der Waals surface area contributed by atoms with Crippen LogP contribution in [0.5, 0.6) is 0 Å². The van der Waals surface area contributed by atoms with E-state index in [1.807, 2.05) is 5.09 Å². The Kier molecular flexibility index (Phi) is 5.87. The summed E-state index contributed by atoms with van der Waals surface area (Å²) < 4.78 is 24.8. The first-order valence-electron chi connectivity index (χ1n) is 3.77. The Morgan fingerprint density at radius 1 is 1.40 bits per heavy atom. The van der Waals surface area contributed by atoms with E-state index in [-0.39, 0.29) is 13.2 Å². The molecule has 0 aromatic rings. The highest BCUT2D eigenvalue weighted by molar-refractivity contribution is 7.62. The van der Waals surface area contributed by atoms with Crippen LogP contribution in [0.1, 0.15) is 6.92 Å². The lowest BCUT2D eigenvalue weighted by atomic mass is 10.3. The van der Waals surface area contributed by atoms with Crippen LogP contribution in [0.15, 0.2) is 11.6 Å². The molecule has 0 aliphatic rings. The summed E-state index contributed by atoms with van der Waals surface area (Å²) in [7, 11) is -9.52. The molecular weight excluding hydrogens is 248 g/mol. The van der Waals surface area contributed by atoms with E-state index in [0.717, 1.165) is 0 Å². The number of rotatable bonds is 6. The summed E-state index contributed by atoms with van der Waals surface area (Å²) in [5, 5.41) is 10.5. The Bertz CT molecular complexity index is 321. The van der Waals surface area contributed by atoms with Crippen LogP contribution in [0.25, 0.3) is 0 Å². The van der Waals surface area contributed by atoms with Crippen molar-refractivity contribution in [2.45, 2.75) is 6.92 Å². The second-order valence-electron chi connectivity index (χ2n) is 2.66. The lowest BCUT2D eigenvalue weighted by Crippen LogP contribution is -2.12. The average Bonchev–Trinajstić information content (AvgIpc) is 1.98. The van der Waals surface area contributed by atoms with Gasteiger partial charge in [-0.15, -0.1) is 0 Å². The minimum atomic E-state index is -5.00. The fourth-order valence-electron chi connectivity index (χ4n) is 0.573. The Balaban J connectivity index is 4.18. The van der Waals surface area contributed by atoms with E-state index >= 15 is 0 Å². The number of phosphoric acid groups is 1. The standard InChI is InChI=1S/C5H13NO7P2/c1-5(4-7)2-3-6-14(8,9)13-15(10,11)12/h2,7H,3-4H2,1H3,(H2,6,8,9)(H2,10,11,12). The summed E-state index contributed by atoms with van der Waals surface area (Å²) in [6.45, 7) is 1.21. The zero-order valence-electron chi connectivity index (χ0n) is 7.90. The lowest BCUT2D eigenvalue weighted by molar-refractivity contribution is 0.259. The molecule has 0 aliphatic heterocycles. The van der Waals surface area contributed by atoms with Crippen LogP contribution in [0.4, 0.5) is 0 Å². The second-order valence-corrected chi connectivity index (χ2v) is 5.65. The van der Waals surface area contributed by atoms with Gasteiger partial charge in [-0.05, 0) is 6.92 Å². The van der Waals surface area contributed by atoms with Gasteiger partial charge in [0.15, 0.2) is 0 Å². The van der Waals surface area contributed by atoms with Gasteiger partial charge in [-0.1, -0.05) is 11.6 Å². The normalized spacial score (nSPS) is 17.5. The summed E-state index contributed by atoms with van der Waals surface area (Å²) in [5.74, 6) is 0. The number of hydrogen-bond donors (Lipinski definition) is 5. The summed E-state index contributed by atoms with van der Waals surface area (Å²) in [6, 6.07) is 0. The van der Waals surface area contributed by atoms with Crippen LogP contribution in [-0.2, 0) is 13.4 Å². The quantitative estimate of drug-likeness (QED) is 0.325. The highest BCUT2D eigenvalue weighted by Crippen LogP contribution is 2.54. The molecule has 0 bridgehead atoms. The van der Waals surface area contributed by atoms with Crippen molar-refractivity contribution in [1.29, 1.82) is 0 Å². The molecule has 90 valence electrons. The third-order valence-corrected chi connectivity index (χ3v) is 3.53. The van der Waals surface area contributed by atoms with Crippen molar-refractivity contribution in [1.82, 2.24) is 5.09 Å². The zero-order chi connectivity index (χ0) is 12.1. The molecule has 0 saturated carbocycles. The van der Waals surface area contributed by atoms with Crippen LogP contribution >= 0.6 is 15.6 Å². The largest absolute Gasteiger partial charge is 0.477 e. The summed E-state index contributed by atoms with van der Waals surface area (Å²) >= 11 is 0. The van der Waals surface area contributed by atoms with Crippen molar-refractivity contribution in [3.05, 3.63) is 11.6 Å². The van der Waals surface area contributed by atoms with Crippen molar-refractivity contribution in [2.75, 3.05) is 13.2 Å². The van der Waals surface area contributed by atoms with Gasteiger partial charge < -0.3 is 19.8 Å². The van der Waals surface area contributed by atoms with Gasteiger partial charge in [-0.3, -0.25) is 0 Å². The third-order valence-electron chi connectivity index (χ3n) is 1.21. The summed E-state index contributed by atoms with van der Waals surface area (Å²) in [6.07, 6.45) is 1.38. The van der Waals surface area contributed by atoms with Gasteiger partial charge in [0.25, 0.3) is 0 Å². The van der Waals surface area contributed by atoms with E-state index in [1.165, 1.54) is 6.08 Å². The summed E-state index contributed by atoms with van der Waals surface area (Å²) in [5.41, 5.74) is 0.540. The summed E-state index contributed by atoms with van der Waals surface area (Å²) in [4.78, 5) is 25.4. The average molecular weight is 261 g/mol. The van der Waals surface area contributed by atoms with Crippen molar-refractivity contribution < 1.29 is 33.2 Å². The van der Waals surface area contributed by atoms with E-state index in [1.54, 1.807) is 6.92 Å². The first kappa shape index (κ1) is 15.0. The fourth-order valence-corrected chi connectivity index (χ4v) is 2.28. The van der Waals surface area contributed by atoms with E-state index in [4.69, 9.17) is 19.8 Å². The van der Waals surface area contributed by atoms with Gasteiger partial charge in [-0.2, -0.15) is 4.31 Å². The Morgan fingerprint density at radius 3 is 2.33 bits per heavy atom. The maximum absolute atomic E-state index is 10.9. The Morgan fingerprint density at radius 2 is 1.93 bits per heavy atom. The lowest BCUT2D eigenvalue weighted by Gasteiger charge is -2.12. The topological polar surface area (TPSA) is 136 Å². The van der Waals surface area contributed by atoms with E-state index < -0.39 is 15.6 Å². The van der Waals surface area contributed by atoms with Crippen molar-refractivity contribution in [3.8, 4) is 0 Å². The molecule has 0 rings (SSSR count). The van der Waals surface area contributed by atoms with E-state index in [0.29, 0.717) is 5.57 Å². The van der Waals surface area contributed by atoms with Crippen LogP contribution in [0.2, 0.25) is 0 Å². The number of aliphatic hydroxyl groups is 1. The molecule has 0 aromatic carbocycles. The zero-order valence-corrected chi connectivity index (χ0v) is 9.69. The molecule has 0 aromatic heterocycles. The predicted octanol–water partition coefficient (Wildman–Crippen LogP) is -0.276. The smallest absolute Gasteiger partial charge is 0.392 e. The molecule has 0 spiro atoms. The molecule has 15 heavy (non-hydrogen) atoms. The molecule has 0 amide bonds. The second kappa shape index (κ2) is 5.89. The molecule has 0 aliphatic carbocycles. The fraction of sp³-hybridized carbons (Fsp3) is 0.600. The molecule has 0 heterocycles. The van der Waals surface area contributed by atoms with Crippen LogP contribution in [-0.4, -0.2) is 32.9 Å². The van der Waals surface area contributed by atoms with Crippen LogP contribution in [0.3, 0.4) is 0 Å². The number of aliphatic hydroxyl groups excluding tert-OH is 1. The maximum Gasteiger partial charge on any atom is 0.477 e. The molecule has 1 atom stereocenters. The first-order chi connectivity index (χ1) is 6.66. The molecule has 1 unspecified atom stereocenters. The first-order valence-corrected chi connectivity index (χ1v) is 6.88. The van der Waals surface area contributed by atoms with Gasteiger partial charge in [0.1, 0.15) is 0 Å². The highest BCUT2D eigenvalue weighted by atomic mass is 31.3. The minimum absolute atomic E-state index is 0.153. The molecule has 0 radical (unpaired) electrons. The Hall–Kier alpha value is -0.0400. The van der Waals surface area contributed by atoms with Crippen molar-refractivity contribution in [2.24, 2.45) is 0 Å². The molecular formula is C5H13NO7P2. The molecule has 10 heteroatoms. The van der Waals surface area contributed by atoms with E-state index in [2.05, 4.69) is 4.31 Å². The predicted molar refractivity (Wildman–Crippen MR) is 51.8 cm³/mol. The monoisotopic (exact) mass is 261 g/mol.